The predicted octanol–water partition coefficient (Wildman–Crippen LogP) is 2.84. The molecule has 12 heavy (non-hydrogen) atoms. The smallest absolute Gasteiger partial charge is 0.119 e. The molecule has 1 aromatic carbocycles. The lowest BCUT2D eigenvalue weighted by molar-refractivity contribution is 0.447. The van der Waals surface area contributed by atoms with Gasteiger partial charge in [-0.05, 0) is 17.0 Å². The van der Waals surface area contributed by atoms with Crippen LogP contribution in [0, 0.1) is 0 Å². The summed E-state index contributed by atoms with van der Waals surface area (Å²) in [6.07, 6.45) is 0. The van der Waals surface area contributed by atoms with E-state index in [2.05, 4.69) is 20.8 Å². The number of para-hydroxylation sites is 1. The van der Waals surface area contributed by atoms with Crippen molar-refractivity contribution in [1.29, 1.82) is 0 Å². The SMILES string of the molecule is CC(C)(C)c1ccccc1O.F. The fraction of sp³-hybridized carbons (Fsp3) is 0.400. The Bertz CT molecular complexity index is 250. The van der Waals surface area contributed by atoms with Crippen molar-refractivity contribution in [3.63, 3.8) is 0 Å². The van der Waals surface area contributed by atoms with Crippen molar-refractivity contribution < 1.29 is 9.81 Å². The summed E-state index contributed by atoms with van der Waals surface area (Å²) in [5.74, 6) is 0.389. The molecule has 0 saturated heterocycles. The summed E-state index contributed by atoms with van der Waals surface area (Å²) in [6.45, 7) is 6.26. The van der Waals surface area contributed by atoms with Gasteiger partial charge in [0, 0.05) is 0 Å². The van der Waals surface area contributed by atoms with Gasteiger partial charge in [-0.3, -0.25) is 4.70 Å². The molecule has 0 atom stereocenters. The lowest BCUT2D eigenvalue weighted by Gasteiger charge is -2.19. The fourth-order valence-corrected chi connectivity index (χ4v) is 1.11. The number of hydrogen-bond donors (Lipinski definition) is 1. The molecule has 0 radical (unpaired) electrons. The van der Waals surface area contributed by atoms with Gasteiger partial charge in [0.1, 0.15) is 5.75 Å². The summed E-state index contributed by atoms with van der Waals surface area (Å²) in [4.78, 5) is 0. The molecular formula is C10H15FO. The number of hydrogen-bond acceptors (Lipinski definition) is 1. The molecule has 0 saturated carbocycles. The highest BCUT2D eigenvalue weighted by Crippen LogP contribution is 2.29. The van der Waals surface area contributed by atoms with Crippen LogP contribution in [0.15, 0.2) is 24.3 Å². The molecule has 0 aromatic heterocycles. The second kappa shape index (κ2) is 3.57. The highest BCUT2D eigenvalue weighted by molar-refractivity contribution is 5.36. The Balaban J connectivity index is 0.00000121. The van der Waals surface area contributed by atoms with E-state index in [0.717, 1.165) is 5.56 Å². The number of phenolic OH excluding ortho intramolecular Hbond substituents is 1. The molecule has 1 nitrogen and oxygen atoms in total. The maximum Gasteiger partial charge on any atom is 0.119 e. The Morgan fingerprint density at radius 2 is 1.58 bits per heavy atom. The molecule has 1 aromatic rings. The minimum Gasteiger partial charge on any atom is -0.508 e. The molecule has 2 heteroatoms. The average molecular weight is 170 g/mol. The summed E-state index contributed by atoms with van der Waals surface area (Å²) in [5.41, 5.74) is 1.03. The van der Waals surface area contributed by atoms with Crippen molar-refractivity contribution >= 4 is 0 Å². The minimum atomic E-state index is 0. The van der Waals surface area contributed by atoms with E-state index in [1.807, 2.05) is 18.2 Å². The number of phenols is 1. The van der Waals surface area contributed by atoms with Gasteiger partial charge in [-0.1, -0.05) is 39.0 Å². The molecule has 0 bridgehead atoms. The Morgan fingerprint density at radius 1 is 1.08 bits per heavy atom. The van der Waals surface area contributed by atoms with Crippen molar-refractivity contribution in [3.05, 3.63) is 29.8 Å². The maximum absolute atomic E-state index is 9.45. The first-order chi connectivity index (χ1) is 5.02. The van der Waals surface area contributed by atoms with Gasteiger partial charge in [0.25, 0.3) is 0 Å². The second-order valence-electron chi connectivity index (χ2n) is 3.77. The number of halogens is 1. The van der Waals surface area contributed by atoms with Crippen molar-refractivity contribution in [1.82, 2.24) is 0 Å². The van der Waals surface area contributed by atoms with Crippen LogP contribution in [0.1, 0.15) is 26.3 Å². The van der Waals surface area contributed by atoms with E-state index in [0.29, 0.717) is 5.75 Å². The second-order valence-corrected chi connectivity index (χ2v) is 3.77. The van der Waals surface area contributed by atoms with Crippen molar-refractivity contribution in [2.24, 2.45) is 0 Å². The van der Waals surface area contributed by atoms with Crippen LogP contribution in [0.4, 0.5) is 4.70 Å². The molecule has 0 unspecified atom stereocenters. The third-order valence-corrected chi connectivity index (χ3v) is 1.71. The zero-order valence-electron chi connectivity index (χ0n) is 7.66. The molecule has 0 aliphatic carbocycles. The first-order valence-corrected chi connectivity index (χ1v) is 3.80. The van der Waals surface area contributed by atoms with Gasteiger partial charge in [-0.25, -0.2) is 0 Å². The van der Waals surface area contributed by atoms with E-state index in [9.17, 15) is 5.11 Å². The van der Waals surface area contributed by atoms with E-state index in [4.69, 9.17) is 0 Å². The van der Waals surface area contributed by atoms with Gasteiger partial charge in [0.15, 0.2) is 0 Å². The highest BCUT2D eigenvalue weighted by Gasteiger charge is 2.16. The lowest BCUT2D eigenvalue weighted by atomic mass is 9.86. The van der Waals surface area contributed by atoms with Gasteiger partial charge >= 0.3 is 0 Å². The van der Waals surface area contributed by atoms with Crippen LogP contribution in [0.3, 0.4) is 0 Å². The zero-order chi connectivity index (χ0) is 8.48. The normalized spacial score (nSPS) is 10.6. The van der Waals surface area contributed by atoms with Crippen LogP contribution in [0.2, 0.25) is 0 Å². The topological polar surface area (TPSA) is 20.2 Å². The van der Waals surface area contributed by atoms with Crippen LogP contribution in [0.5, 0.6) is 5.75 Å². The van der Waals surface area contributed by atoms with Crippen LogP contribution >= 0.6 is 0 Å². The number of aromatic hydroxyl groups is 1. The molecule has 1 N–H and O–H groups in total. The first kappa shape index (κ1) is 11.0. The summed E-state index contributed by atoms with van der Waals surface area (Å²) < 4.78 is 0. The van der Waals surface area contributed by atoms with Gasteiger partial charge in [-0.2, -0.15) is 0 Å². The predicted molar refractivity (Wildman–Crippen MR) is 49.3 cm³/mol. The van der Waals surface area contributed by atoms with Crippen molar-refractivity contribution in [3.8, 4) is 5.75 Å². The summed E-state index contributed by atoms with van der Waals surface area (Å²) >= 11 is 0. The van der Waals surface area contributed by atoms with Gasteiger partial charge in [-0.15, -0.1) is 0 Å². The molecule has 0 spiro atoms. The molecule has 0 aliphatic heterocycles. The fourth-order valence-electron chi connectivity index (χ4n) is 1.11. The van der Waals surface area contributed by atoms with E-state index in [-0.39, 0.29) is 10.1 Å². The van der Waals surface area contributed by atoms with Gasteiger partial charge < -0.3 is 5.11 Å². The molecule has 0 fully saturated rings. The van der Waals surface area contributed by atoms with E-state index >= 15 is 0 Å². The summed E-state index contributed by atoms with van der Waals surface area (Å²) in [6, 6.07) is 7.46. The average Bonchev–Trinajstić information content (AvgIpc) is 1.86. The largest absolute Gasteiger partial charge is 0.508 e. The molecule has 1 rings (SSSR count). The molecular weight excluding hydrogens is 155 g/mol. The Morgan fingerprint density at radius 3 is 1.92 bits per heavy atom. The maximum atomic E-state index is 9.45. The highest BCUT2D eigenvalue weighted by atomic mass is 19.0. The van der Waals surface area contributed by atoms with Crippen LogP contribution in [-0.4, -0.2) is 5.11 Å². The third kappa shape index (κ3) is 2.22. The Hall–Kier alpha value is -1.05. The van der Waals surface area contributed by atoms with Gasteiger partial charge in [0.05, 0.1) is 0 Å². The van der Waals surface area contributed by atoms with E-state index in [1.165, 1.54) is 0 Å². The van der Waals surface area contributed by atoms with Crippen LogP contribution in [0.25, 0.3) is 0 Å². The first-order valence-electron chi connectivity index (χ1n) is 3.80. The zero-order valence-corrected chi connectivity index (χ0v) is 7.66. The molecule has 0 aliphatic rings. The van der Waals surface area contributed by atoms with Crippen LogP contribution in [-0.2, 0) is 5.41 Å². The molecule has 0 heterocycles. The van der Waals surface area contributed by atoms with E-state index in [1.54, 1.807) is 6.07 Å². The van der Waals surface area contributed by atoms with Crippen molar-refractivity contribution in [2.75, 3.05) is 0 Å². The van der Waals surface area contributed by atoms with E-state index < -0.39 is 0 Å². The monoisotopic (exact) mass is 170 g/mol. The summed E-state index contributed by atoms with van der Waals surface area (Å²) in [7, 11) is 0. The minimum absolute atomic E-state index is 0. The number of rotatable bonds is 0. The Labute approximate surface area is 72.4 Å². The lowest BCUT2D eigenvalue weighted by Crippen LogP contribution is -2.10. The third-order valence-electron chi connectivity index (χ3n) is 1.71. The standard InChI is InChI=1S/C10H14O.FH/c1-10(2,3)8-6-4-5-7-9(8)11;/h4-7,11H,1-3H3;1H. The molecule has 0 amide bonds. The van der Waals surface area contributed by atoms with Crippen molar-refractivity contribution in [2.45, 2.75) is 26.2 Å². The van der Waals surface area contributed by atoms with Gasteiger partial charge in [0.2, 0.25) is 0 Å². The summed E-state index contributed by atoms with van der Waals surface area (Å²) in [5, 5.41) is 9.45. The molecule has 68 valence electrons. The number of benzene rings is 1. The van der Waals surface area contributed by atoms with Crippen LogP contribution < -0.4 is 0 Å². The quantitative estimate of drug-likeness (QED) is 0.634. The Kier molecular flexibility index (Phi) is 3.25.